The zero-order valence-corrected chi connectivity index (χ0v) is 12.3. The van der Waals surface area contributed by atoms with Crippen molar-refractivity contribution in [2.45, 2.75) is 32.3 Å². The molecule has 0 saturated carbocycles. The zero-order chi connectivity index (χ0) is 13.9. The first-order valence-electron chi connectivity index (χ1n) is 7.49. The van der Waals surface area contributed by atoms with Gasteiger partial charge < -0.3 is 9.64 Å². The van der Waals surface area contributed by atoms with Crippen molar-refractivity contribution in [2.24, 2.45) is 0 Å². The van der Waals surface area contributed by atoms with Crippen LogP contribution in [0.2, 0.25) is 0 Å². The maximum absolute atomic E-state index is 5.76. The van der Waals surface area contributed by atoms with Crippen LogP contribution in [-0.2, 0) is 11.2 Å². The van der Waals surface area contributed by atoms with Gasteiger partial charge in [0, 0.05) is 37.0 Å². The van der Waals surface area contributed by atoms with Crippen molar-refractivity contribution in [2.75, 3.05) is 25.1 Å². The number of likely N-dealkylation sites (N-methyl/N-ethyl adjacent to an activating group) is 1. The van der Waals surface area contributed by atoms with Crippen molar-refractivity contribution in [1.82, 2.24) is 4.98 Å². The van der Waals surface area contributed by atoms with E-state index in [1.165, 1.54) is 23.9 Å². The summed E-state index contributed by atoms with van der Waals surface area (Å²) in [6.45, 7) is 4.02. The number of hydrogen-bond acceptors (Lipinski definition) is 3. The van der Waals surface area contributed by atoms with Gasteiger partial charge in [0.25, 0.3) is 0 Å². The van der Waals surface area contributed by atoms with E-state index >= 15 is 0 Å². The van der Waals surface area contributed by atoms with Crippen molar-refractivity contribution in [3.8, 4) is 0 Å². The van der Waals surface area contributed by atoms with Gasteiger partial charge >= 0.3 is 0 Å². The Morgan fingerprint density at radius 3 is 2.95 bits per heavy atom. The van der Waals surface area contributed by atoms with Gasteiger partial charge in [0.15, 0.2) is 0 Å². The van der Waals surface area contributed by atoms with Gasteiger partial charge in [-0.2, -0.15) is 0 Å². The number of pyridine rings is 1. The molecule has 0 spiro atoms. The van der Waals surface area contributed by atoms with Gasteiger partial charge in [-0.25, -0.2) is 0 Å². The van der Waals surface area contributed by atoms with Crippen LogP contribution in [0.1, 0.15) is 25.5 Å². The number of ether oxygens (including phenoxy) is 1. The van der Waals surface area contributed by atoms with Crippen LogP contribution in [0.15, 0.2) is 30.3 Å². The van der Waals surface area contributed by atoms with Crippen molar-refractivity contribution in [3.63, 3.8) is 0 Å². The molecule has 1 unspecified atom stereocenters. The van der Waals surface area contributed by atoms with E-state index in [0.717, 1.165) is 30.8 Å². The van der Waals surface area contributed by atoms with E-state index in [9.17, 15) is 0 Å². The summed E-state index contributed by atoms with van der Waals surface area (Å²) in [4.78, 5) is 7.03. The average Bonchev–Trinajstić information content (AvgIpc) is 2.98. The van der Waals surface area contributed by atoms with Gasteiger partial charge in [0.2, 0.25) is 0 Å². The lowest BCUT2D eigenvalue weighted by atomic mass is 10.1. The van der Waals surface area contributed by atoms with Gasteiger partial charge in [-0.3, -0.25) is 4.98 Å². The van der Waals surface area contributed by atoms with Crippen LogP contribution in [-0.4, -0.2) is 31.3 Å². The molecule has 1 aliphatic rings. The molecule has 106 valence electrons. The summed E-state index contributed by atoms with van der Waals surface area (Å²) in [6, 6.07) is 10.6. The highest BCUT2D eigenvalue weighted by Gasteiger charge is 2.19. The summed E-state index contributed by atoms with van der Waals surface area (Å²) < 4.78 is 5.76. The molecule has 20 heavy (non-hydrogen) atoms. The van der Waals surface area contributed by atoms with E-state index in [0.29, 0.717) is 6.10 Å². The number of nitrogens with zero attached hydrogens (tertiary/aromatic N) is 2. The van der Waals surface area contributed by atoms with Gasteiger partial charge in [0.1, 0.15) is 0 Å². The minimum absolute atomic E-state index is 0.372. The summed E-state index contributed by atoms with van der Waals surface area (Å²) in [5.74, 6) is 0. The van der Waals surface area contributed by atoms with E-state index in [1.807, 2.05) is 0 Å². The minimum atomic E-state index is 0.372. The fourth-order valence-electron chi connectivity index (χ4n) is 2.90. The lowest BCUT2D eigenvalue weighted by Crippen LogP contribution is -2.28. The number of benzene rings is 1. The fraction of sp³-hybridized carbons (Fsp3) is 0.471. The fourth-order valence-corrected chi connectivity index (χ4v) is 2.90. The number of aryl methyl sites for hydroxylation is 1. The second kappa shape index (κ2) is 5.80. The lowest BCUT2D eigenvalue weighted by Gasteiger charge is -2.24. The number of rotatable bonds is 4. The summed E-state index contributed by atoms with van der Waals surface area (Å²) in [5.41, 5.74) is 3.50. The molecule has 1 fully saturated rings. The smallest absolute Gasteiger partial charge is 0.0750 e. The highest BCUT2D eigenvalue weighted by atomic mass is 16.5. The van der Waals surface area contributed by atoms with E-state index in [1.54, 1.807) is 0 Å². The molecule has 0 aliphatic carbocycles. The summed E-state index contributed by atoms with van der Waals surface area (Å²) in [6.07, 6.45) is 3.70. The molecule has 0 bridgehead atoms. The van der Waals surface area contributed by atoms with Gasteiger partial charge in [-0.1, -0.05) is 25.1 Å². The van der Waals surface area contributed by atoms with Crippen LogP contribution in [0.5, 0.6) is 0 Å². The summed E-state index contributed by atoms with van der Waals surface area (Å²) in [7, 11) is 2.16. The third-order valence-corrected chi connectivity index (χ3v) is 4.02. The summed E-state index contributed by atoms with van der Waals surface area (Å²) in [5, 5.41) is 1.23. The van der Waals surface area contributed by atoms with Gasteiger partial charge in [-0.05, 0) is 31.4 Å². The Morgan fingerprint density at radius 2 is 2.20 bits per heavy atom. The topological polar surface area (TPSA) is 25.4 Å². The Balaban J connectivity index is 1.95. The second-order valence-corrected chi connectivity index (χ2v) is 5.52. The molecular formula is C17H22N2O. The molecule has 0 amide bonds. The van der Waals surface area contributed by atoms with Gasteiger partial charge in [0.05, 0.1) is 11.6 Å². The van der Waals surface area contributed by atoms with E-state index in [4.69, 9.17) is 9.72 Å². The van der Waals surface area contributed by atoms with Crippen LogP contribution < -0.4 is 4.90 Å². The van der Waals surface area contributed by atoms with E-state index < -0.39 is 0 Å². The van der Waals surface area contributed by atoms with Crippen LogP contribution in [0.3, 0.4) is 0 Å². The molecule has 0 radical (unpaired) electrons. The summed E-state index contributed by atoms with van der Waals surface area (Å²) >= 11 is 0. The third-order valence-electron chi connectivity index (χ3n) is 4.02. The molecule has 1 aromatic carbocycles. The zero-order valence-electron chi connectivity index (χ0n) is 12.3. The molecule has 1 saturated heterocycles. The maximum atomic E-state index is 5.76. The highest BCUT2D eigenvalue weighted by Crippen LogP contribution is 2.27. The Bertz CT molecular complexity index is 591. The van der Waals surface area contributed by atoms with Crippen LogP contribution in [0, 0.1) is 0 Å². The molecule has 2 heterocycles. The Labute approximate surface area is 120 Å². The van der Waals surface area contributed by atoms with Crippen molar-refractivity contribution < 1.29 is 4.74 Å². The Kier molecular flexibility index (Phi) is 3.88. The van der Waals surface area contributed by atoms with Crippen molar-refractivity contribution >= 4 is 16.6 Å². The molecule has 2 aromatic rings. The third kappa shape index (κ3) is 2.63. The molecule has 1 atom stereocenters. The quantitative estimate of drug-likeness (QED) is 0.851. The Hall–Kier alpha value is -1.61. The lowest BCUT2D eigenvalue weighted by molar-refractivity contribution is 0.116. The molecule has 3 rings (SSSR count). The first kappa shape index (κ1) is 13.4. The SMILES string of the molecule is CCc1cc(N(C)CC2CCCO2)c2ccccc2n1. The normalized spacial score (nSPS) is 18.6. The van der Waals surface area contributed by atoms with Crippen LogP contribution in [0.4, 0.5) is 5.69 Å². The number of anilines is 1. The predicted molar refractivity (Wildman–Crippen MR) is 83.4 cm³/mol. The molecule has 3 heteroatoms. The van der Waals surface area contributed by atoms with Crippen molar-refractivity contribution in [3.05, 3.63) is 36.0 Å². The maximum Gasteiger partial charge on any atom is 0.0750 e. The molecule has 0 N–H and O–H groups in total. The number of fused-ring (bicyclic) bond motifs is 1. The molecule has 3 nitrogen and oxygen atoms in total. The van der Waals surface area contributed by atoms with Gasteiger partial charge in [-0.15, -0.1) is 0 Å². The average molecular weight is 270 g/mol. The standard InChI is InChI=1S/C17H22N2O/c1-3-13-11-17(15-8-4-5-9-16(15)18-13)19(2)12-14-7-6-10-20-14/h4-5,8-9,11,14H,3,6-7,10,12H2,1-2H3. The minimum Gasteiger partial charge on any atom is -0.376 e. The van der Waals surface area contributed by atoms with Crippen LogP contribution >= 0.6 is 0 Å². The molecule has 1 aromatic heterocycles. The number of aromatic nitrogens is 1. The Morgan fingerprint density at radius 1 is 1.35 bits per heavy atom. The van der Waals surface area contributed by atoms with Crippen LogP contribution in [0.25, 0.3) is 10.9 Å². The second-order valence-electron chi connectivity index (χ2n) is 5.52. The largest absolute Gasteiger partial charge is 0.376 e. The van der Waals surface area contributed by atoms with E-state index in [2.05, 4.69) is 49.2 Å². The number of hydrogen-bond donors (Lipinski definition) is 0. The monoisotopic (exact) mass is 270 g/mol. The first-order chi connectivity index (χ1) is 9.78. The van der Waals surface area contributed by atoms with E-state index in [-0.39, 0.29) is 0 Å². The molecule has 1 aliphatic heterocycles. The predicted octanol–water partition coefficient (Wildman–Crippen LogP) is 3.41. The highest BCUT2D eigenvalue weighted by molar-refractivity contribution is 5.91. The first-order valence-corrected chi connectivity index (χ1v) is 7.49. The number of para-hydroxylation sites is 1. The van der Waals surface area contributed by atoms with Crippen molar-refractivity contribution in [1.29, 1.82) is 0 Å². The molecular weight excluding hydrogens is 248 g/mol.